The number of nitrogens with zero attached hydrogens (tertiary/aromatic N) is 2. The van der Waals surface area contributed by atoms with Crippen molar-refractivity contribution >= 4 is 0 Å². The largest absolute Gasteiger partial charge is 0.314 e. The Morgan fingerprint density at radius 3 is 2.38 bits per heavy atom. The molecule has 0 radical (unpaired) electrons. The molecule has 1 saturated heterocycles. The zero-order valence-corrected chi connectivity index (χ0v) is 8.45. The first kappa shape index (κ1) is 9.44. The lowest BCUT2D eigenvalue weighted by Crippen LogP contribution is -2.42. The molecule has 0 unspecified atom stereocenters. The second-order valence-corrected chi connectivity index (χ2v) is 4.57. The third-order valence-corrected chi connectivity index (χ3v) is 3.31. The van der Waals surface area contributed by atoms with Crippen LogP contribution in [0.3, 0.4) is 0 Å². The van der Waals surface area contributed by atoms with Crippen LogP contribution in [0.1, 0.15) is 25.7 Å². The van der Waals surface area contributed by atoms with E-state index in [4.69, 9.17) is 0 Å². The van der Waals surface area contributed by atoms with Gasteiger partial charge in [0, 0.05) is 25.7 Å². The van der Waals surface area contributed by atoms with Crippen LogP contribution in [-0.4, -0.2) is 47.9 Å². The van der Waals surface area contributed by atoms with Gasteiger partial charge >= 0.3 is 0 Å². The van der Waals surface area contributed by atoms with Gasteiger partial charge in [-0.2, -0.15) is 5.06 Å². The summed E-state index contributed by atoms with van der Waals surface area (Å²) in [5.41, 5.74) is 0. The maximum atomic E-state index is 9.22. The van der Waals surface area contributed by atoms with Crippen molar-refractivity contribution in [3.63, 3.8) is 0 Å². The molecule has 1 saturated carbocycles. The van der Waals surface area contributed by atoms with E-state index in [-0.39, 0.29) is 0 Å². The zero-order chi connectivity index (χ0) is 9.26. The highest BCUT2D eigenvalue weighted by Gasteiger charge is 2.27. The fraction of sp³-hybridized carbons (Fsp3) is 1.00. The summed E-state index contributed by atoms with van der Waals surface area (Å²) in [6.45, 7) is 2.97. The van der Waals surface area contributed by atoms with Gasteiger partial charge in [0.2, 0.25) is 0 Å². The van der Waals surface area contributed by atoms with Gasteiger partial charge in [-0.05, 0) is 38.6 Å². The molecule has 1 aliphatic heterocycles. The SMILES string of the molecule is CN(CC1CC1)C1CCN(O)CC1. The predicted octanol–water partition coefficient (Wildman–Crippen LogP) is 1.18. The van der Waals surface area contributed by atoms with Crippen molar-refractivity contribution in [2.45, 2.75) is 31.7 Å². The first-order valence-corrected chi connectivity index (χ1v) is 5.40. The molecule has 0 amide bonds. The van der Waals surface area contributed by atoms with Gasteiger partial charge < -0.3 is 10.1 Å². The van der Waals surface area contributed by atoms with Crippen molar-refractivity contribution in [1.82, 2.24) is 9.96 Å². The lowest BCUT2D eigenvalue weighted by atomic mass is 10.0. The van der Waals surface area contributed by atoms with Gasteiger partial charge in [0.25, 0.3) is 0 Å². The highest BCUT2D eigenvalue weighted by Crippen LogP contribution is 2.30. The summed E-state index contributed by atoms with van der Waals surface area (Å²) in [6, 6.07) is 0.712. The lowest BCUT2D eigenvalue weighted by molar-refractivity contribution is -0.114. The van der Waals surface area contributed by atoms with Crippen LogP contribution in [0, 0.1) is 5.92 Å². The summed E-state index contributed by atoms with van der Waals surface area (Å²) in [4.78, 5) is 2.49. The van der Waals surface area contributed by atoms with Gasteiger partial charge in [-0.1, -0.05) is 0 Å². The van der Waals surface area contributed by atoms with Crippen LogP contribution in [0.5, 0.6) is 0 Å². The number of hydroxylamine groups is 2. The summed E-state index contributed by atoms with van der Waals surface area (Å²) in [7, 11) is 2.23. The van der Waals surface area contributed by atoms with Gasteiger partial charge in [-0.25, -0.2) is 0 Å². The minimum absolute atomic E-state index is 0.712. The molecular weight excluding hydrogens is 164 g/mol. The van der Waals surface area contributed by atoms with Gasteiger partial charge in [0.15, 0.2) is 0 Å². The maximum absolute atomic E-state index is 9.22. The van der Waals surface area contributed by atoms with Crippen LogP contribution in [0.25, 0.3) is 0 Å². The van der Waals surface area contributed by atoms with Crippen LogP contribution in [0.2, 0.25) is 0 Å². The Balaban J connectivity index is 1.72. The molecule has 0 bridgehead atoms. The molecule has 0 aromatic carbocycles. The predicted molar refractivity (Wildman–Crippen MR) is 51.7 cm³/mol. The Labute approximate surface area is 80.3 Å². The Bertz CT molecular complexity index is 162. The van der Waals surface area contributed by atoms with Crippen molar-refractivity contribution in [3.05, 3.63) is 0 Å². The average molecular weight is 184 g/mol. The summed E-state index contributed by atoms with van der Waals surface area (Å²) >= 11 is 0. The number of hydrogen-bond donors (Lipinski definition) is 1. The summed E-state index contributed by atoms with van der Waals surface area (Å²) in [5.74, 6) is 0.983. The van der Waals surface area contributed by atoms with E-state index in [2.05, 4.69) is 11.9 Å². The highest BCUT2D eigenvalue weighted by molar-refractivity contribution is 4.81. The van der Waals surface area contributed by atoms with E-state index in [1.165, 1.54) is 24.4 Å². The van der Waals surface area contributed by atoms with Gasteiger partial charge in [-0.3, -0.25) is 0 Å². The van der Waals surface area contributed by atoms with E-state index in [1.54, 1.807) is 0 Å². The summed E-state index contributed by atoms with van der Waals surface area (Å²) in [6.07, 6.45) is 5.12. The molecule has 2 rings (SSSR count). The number of hydrogen-bond acceptors (Lipinski definition) is 3. The second kappa shape index (κ2) is 3.95. The fourth-order valence-electron chi connectivity index (χ4n) is 2.15. The smallest absolute Gasteiger partial charge is 0.0253 e. The topological polar surface area (TPSA) is 26.7 Å². The van der Waals surface area contributed by atoms with E-state index >= 15 is 0 Å². The molecule has 0 aromatic rings. The van der Waals surface area contributed by atoms with E-state index in [9.17, 15) is 5.21 Å². The third-order valence-electron chi connectivity index (χ3n) is 3.31. The molecule has 0 aromatic heterocycles. The van der Waals surface area contributed by atoms with Crippen LogP contribution in [0.15, 0.2) is 0 Å². The van der Waals surface area contributed by atoms with Crippen molar-refractivity contribution in [3.8, 4) is 0 Å². The Kier molecular flexibility index (Phi) is 2.86. The first-order chi connectivity index (χ1) is 6.25. The van der Waals surface area contributed by atoms with Crippen molar-refractivity contribution in [1.29, 1.82) is 0 Å². The average Bonchev–Trinajstić information content (AvgIpc) is 2.89. The molecule has 1 aliphatic carbocycles. The number of piperidine rings is 1. The van der Waals surface area contributed by atoms with E-state index in [0.29, 0.717) is 6.04 Å². The van der Waals surface area contributed by atoms with Crippen LogP contribution >= 0.6 is 0 Å². The maximum Gasteiger partial charge on any atom is 0.0253 e. The normalized spacial score (nSPS) is 27.0. The van der Waals surface area contributed by atoms with Gasteiger partial charge in [-0.15, -0.1) is 0 Å². The summed E-state index contributed by atoms with van der Waals surface area (Å²) in [5, 5.41) is 10.7. The number of rotatable bonds is 3. The molecule has 2 aliphatic rings. The second-order valence-electron chi connectivity index (χ2n) is 4.57. The van der Waals surface area contributed by atoms with Crippen LogP contribution in [-0.2, 0) is 0 Å². The van der Waals surface area contributed by atoms with E-state index < -0.39 is 0 Å². The molecule has 1 heterocycles. The minimum Gasteiger partial charge on any atom is -0.314 e. The summed E-state index contributed by atoms with van der Waals surface area (Å²) < 4.78 is 0. The van der Waals surface area contributed by atoms with Crippen molar-refractivity contribution in [2.75, 3.05) is 26.7 Å². The standard InChI is InChI=1S/C10H20N2O/c1-11(8-9-2-3-9)10-4-6-12(13)7-5-10/h9-10,13H,2-8H2,1H3. The quantitative estimate of drug-likeness (QED) is 0.713. The molecule has 3 heteroatoms. The van der Waals surface area contributed by atoms with Crippen molar-refractivity contribution in [2.24, 2.45) is 5.92 Å². The molecular formula is C10H20N2O. The van der Waals surface area contributed by atoms with Crippen LogP contribution in [0.4, 0.5) is 0 Å². The van der Waals surface area contributed by atoms with Gasteiger partial charge in [0.05, 0.1) is 0 Å². The zero-order valence-electron chi connectivity index (χ0n) is 8.45. The monoisotopic (exact) mass is 184 g/mol. The van der Waals surface area contributed by atoms with Crippen LogP contribution < -0.4 is 0 Å². The van der Waals surface area contributed by atoms with E-state index in [1.807, 2.05) is 0 Å². The molecule has 13 heavy (non-hydrogen) atoms. The Morgan fingerprint density at radius 2 is 1.85 bits per heavy atom. The lowest BCUT2D eigenvalue weighted by Gasteiger charge is -2.34. The molecule has 3 nitrogen and oxygen atoms in total. The minimum atomic E-state index is 0.712. The molecule has 2 fully saturated rings. The van der Waals surface area contributed by atoms with E-state index in [0.717, 1.165) is 31.8 Å². The Hall–Kier alpha value is -0.120. The molecule has 76 valence electrons. The molecule has 0 spiro atoms. The Morgan fingerprint density at radius 1 is 1.23 bits per heavy atom. The molecule has 0 atom stereocenters. The van der Waals surface area contributed by atoms with Gasteiger partial charge in [0.1, 0.15) is 0 Å². The molecule has 1 N–H and O–H groups in total. The first-order valence-electron chi connectivity index (χ1n) is 5.40. The van der Waals surface area contributed by atoms with Crippen molar-refractivity contribution < 1.29 is 5.21 Å². The fourth-order valence-corrected chi connectivity index (χ4v) is 2.15. The third kappa shape index (κ3) is 2.66. The highest BCUT2D eigenvalue weighted by atomic mass is 16.5.